The summed E-state index contributed by atoms with van der Waals surface area (Å²) in [6, 6.07) is 3.71. The molecule has 1 aromatic carbocycles. The largest absolute Gasteiger partial charge is 0.350 e. The first-order valence-corrected chi connectivity index (χ1v) is 4.64. The number of carbonyl (C=O) groups excluding carboxylic acids is 1. The third-order valence-electron chi connectivity index (χ3n) is 1.59. The Kier molecular flexibility index (Phi) is 3.47. The Morgan fingerprint density at radius 3 is 2.71 bits per heavy atom. The molecule has 0 radical (unpaired) electrons. The molecule has 0 aliphatic carbocycles. The average Bonchev–Trinajstić information content (AvgIpc) is 2.08. The molecule has 0 atom stereocenters. The van der Waals surface area contributed by atoms with Gasteiger partial charge in [0.05, 0.1) is 10.6 Å². The van der Waals surface area contributed by atoms with Crippen LogP contribution < -0.4 is 5.32 Å². The third kappa shape index (κ3) is 2.70. The molecule has 76 valence electrons. The lowest BCUT2D eigenvalue weighted by atomic mass is 10.2. The zero-order valence-corrected chi connectivity index (χ0v) is 8.73. The van der Waals surface area contributed by atoms with E-state index >= 15 is 0 Å². The summed E-state index contributed by atoms with van der Waals surface area (Å²) >= 11 is 5.75. The van der Waals surface area contributed by atoms with Crippen LogP contribution in [0.4, 0.5) is 4.39 Å². The first kappa shape index (κ1) is 11.0. The number of halogens is 2. The van der Waals surface area contributed by atoms with Crippen molar-refractivity contribution in [1.82, 2.24) is 5.32 Å². The van der Waals surface area contributed by atoms with Crippen LogP contribution in [0.3, 0.4) is 0 Å². The summed E-state index contributed by atoms with van der Waals surface area (Å²) in [5.41, 5.74) is 0.167. The van der Waals surface area contributed by atoms with Crippen LogP contribution in [0.1, 0.15) is 24.2 Å². The van der Waals surface area contributed by atoms with Gasteiger partial charge >= 0.3 is 0 Å². The van der Waals surface area contributed by atoms with E-state index in [2.05, 4.69) is 5.32 Å². The minimum atomic E-state index is -0.469. The van der Waals surface area contributed by atoms with Gasteiger partial charge in [-0.25, -0.2) is 4.39 Å². The Morgan fingerprint density at radius 2 is 2.14 bits per heavy atom. The zero-order chi connectivity index (χ0) is 10.7. The van der Waals surface area contributed by atoms with Gasteiger partial charge in [-0.15, -0.1) is 0 Å². The number of carbonyl (C=O) groups is 1. The highest BCUT2D eigenvalue weighted by atomic mass is 35.5. The van der Waals surface area contributed by atoms with Crippen molar-refractivity contribution in [2.24, 2.45) is 0 Å². The lowest BCUT2D eigenvalue weighted by molar-refractivity contribution is 0.0943. The van der Waals surface area contributed by atoms with Crippen molar-refractivity contribution in [2.75, 3.05) is 0 Å². The topological polar surface area (TPSA) is 29.1 Å². The van der Waals surface area contributed by atoms with Gasteiger partial charge in [0, 0.05) is 6.04 Å². The fourth-order valence-corrected chi connectivity index (χ4v) is 1.21. The van der Waals surface area contributed by atoms with Gasteiger partial charge in [-0.3, -0.25) is 4.79 Å². The second kappa shape index (κ2) is 4.42. The zero-order valence-electron chi connectivity index (χ0n) is 7.97. The predicted molar refractivity (Wildman–Crippen MR) is 54.0 cm³/mol. The van der Waals surface area contributed by atoms with Crippen LogP contribution in [-0.2, 0) is 0 Å². The fraction of sp³-hybridized carbons (Fsp3) is 0.300. The molecule has 0 spiro atoms. The van der Waals surface area contributed by atoms with Crippen LogP contribution in [-0.4, -0.2) is 11.9 Å². The lowest BCUT2D eigenvalue weighted by Crippen LogP contribution is -2.30. The smallest absolute Gasteiger partial charge is 0.253 e. The van der Waals surface area contributed by atoms with Crippen molar-refractivity contribution in [1.29, 1.82) is 0 Å². The van der Waals surface area contributed by atoms with Gasteiger partial charge < -0.3 is 5.32 Å². The molecule has 0 heterocycles. The molecule has 0 aliphatic rings. The van der Waals surface area contributed by atoms with Crippen molar-refractivity contribution >= 4 is 17.5 Å². The van der Waals surface area contributed by atoms with E-state index in [1.165, 1.54) is 12.1 Å². The lowest BCUT2D eigenvalue weighted by Gasteiger charge is -2.09. The molecular weight excluding hydrogens is 205 g/mol. The predicted octanol–water partition coefficient (Wildman–Crippen LogP) is 2.62. The SMILES string of the molecule is CC(C)NC(=O)c1cc(F)ccc1Cl. The van der Waals surface area contributed by atoms with Gasteiger partial charge in [0.1, 0.15) is 5.82 Å². The first-order valence-electron chi connectivity index (χ1n) is 4.26. The summed E-state index contributed by atoms with van der Waals surface area (Å²) < 4.78 is 12.8. The van der Waals surface area contributed by atoms with E-state index in [9.17, 15) is 9.18 Å². The maximum atomic E-state index is 12.8. The van der Waals surface area contributed by atoms with Crippen LogP contribution in [0.25, 0.3) is 0 Å². The third-order valence-corrected chi connectivity index (χ3v) is 1.92. The number of hydrogen-bond acceptors (Lipinski definition) is 1. The van der Waals surface area contributed by atoms with Gasteiger partial charge in [0.2, 0.25) is 0 Å². The van der Waals surface area contributed by atoms with Crippen molar-refractivity contribution in [2.45, 2.75) is 19.9 Å². The molecule has 0 bridgehead atoms. The monoisotopic (exact) mass is 215 g/mol. The van der Waals surface area contributed by atoms with E-state index < -0.39 is 5.82 Å². The number of rotatable bonds is 2. The molecular formula is C10H11ClFNO. The Morgan fingerprint density at radius 1 is 1.50 bits per heavy atom. The summed E-state index contributed by atoms with van der Waals surface area (Å²) in [6.45, 7) is 3.65. The summed E-state index contributed by atoms with van der Waals surface area (Å²) in [5.74, 6) is -0.826. The molecule has 0 aliphatic heterocycles. The quantitative estimate of drug-likeness (QED) is 0.808. The number of amides is 1. The maximum absolute atomic E-state index is 12.8. The van der Waals surface area contributed by atoms with Crippen LogP contribution >= 0.6 is 11.6 Å². The summed E-state index contributed by atoms with van der Waals surface area (Å²) in [7, 11) is 0. The second-order valence-corrected chi connectivity index (χ2v) is 3.66. The van der Waals surface area contributed by atoms with Crippen LogP contribution in [0.5, 0.6) is 0 Å². The molecule has 1 N–H and O–H groups in total. The molecule has 4 heteroatoms. The van der Waals surface area contributed by atoms with Crippen LogP contribution in [0, 0.1) is 5.82 Å². The minimum absolute atomic E-state index is 0.00170. The van der Waals surface area contributed by atoms with Gasteiger partial charge in [-0.1, -0.05) is 11.6 Å². The van der Waals surface area contributed by atoms with E-state index in [1.54, 1.807) is 0 Å². The number of hydrogen-bond donors (Lipinski definition) is 1. The maximum Gasteiger partial charge on any atom is 0.253 e. The Bertz CT molecular complexity index is 352. The molecule has 0 unspecified atom stereocenters. The van der Waals surface area contributed by atoms with Gasteiger partial charge in [-0.05, 0) is 32.0 Å². The average molecular weight is 216 g/mol. The molecule has 2 nitrogen and oxygen atoms in total. The highest BCUT2D eigenvalue weighted by Crippen LogP contribution is 2.16. The van der Waals surface area contributed by atoms with E-state index in [1.807, 2.05) is 13.8 Å². The normalized spacial score (nSPS) is 10.4. The van der Waals surface area contributed by atoms with Gasteiger partial charge in [0.15, 0.2) is 0 Å². The standard InChI is InChI=1S/C10H11ClFNO/c1-6(2)13-10(14)8-5-7(12)3-4-9(8)11/h3-6H,1-2H3,(H,13,14). The van der Waals surface area contributed by atoms with Crippen molar-refractivity contribution in [3.8, 4) is 0 Å². The van der Waals surface area contributed by atoms with E-state index in [4.69, 9.17) is 11.6 Å². The Hall–Kier alpha value is -1.09. The molecule has 1 aromatic rings. The Balaban J connectivity index is 2.94. The highest BCUT2D eigenvalue weighted by Gasteiger charge is 2.11. The van der Waals surface area contributed by atoms with Gasteiger partial charge in [0.25, 0.3) is 5.91 Å². The van der Waals surface area contributed by atoms with E-state index in [0.29, 0.717) is 0 Å². The number of benzene rings is 1. The molecule has 0 saturated heterocycles. The fourth-order valence-electron chi connectivity index (χ4n) is 1.01. The molecule has 0 fully saturated rings. The number of nitrogens with one attached hydrogen (secondary N) is 1. The van der Waals surface area contributed by atoms with Crippen molar-refractivity contribution < 1.29 is 9.18 Å². The Labute approximate surface area is 87.1 Å². The molecule has 0 aromatic heterocycles. The van der Waals surface area contributed by atoms with Crippen LogP contribution in [0.2, 0.25) is 5.02 Å². The molecule has 1 rings (SSSR count). The summed E-state index contributed by atoms with van der Waals surface area (Å²) in [4.78, 5) is 11.5. The van der Waals surface area contributed by atoms with Crippen molar-refractivity contribution in [3.05, 3.63) is 34.6 Å². The van der Waals surface area contributed by atoms with E-state index in [-0.39, 0.29) is 22.5 Å². The minimum Gasteiger partial charge on any atom is -0.350 e. The molecule has 14 heavy (non-hydrogen) atoms. The van der Waals surface area contributed by atoms with Crippen molar-refractivity contribution in [3.63, 3.8) is 0 Å². The summed E-state index contributed by atoms with van der Waals surface area (Å²) in [6.07, 6.45) is 0. The molecule has 0 saturated carbocycles. The van der Waals surface area contributed by atoms with E-state index in [0.717, 1.165) is 6.07 Å². The first-order chi connectivity index (χ1) is 6.50. The summed E-state index contributed by atoms with van der Waals surface area (Å²) in [5, 5.41) is 2.89. The second-order valence-electron chi connectivity index (χ2n) is 3.25. The highest BCUT2D eigenvalue weighted by molar-refractivity contribution is 6.33. The van der Waals surface area contributed by atoms with Crippen LogP contribution in [0.15, 0.2) is 18.2 Å². The molecule has 1 amide bonds. The van der Waals surface area contributed by atoms with Gasteiger partial charge in [-0.2, -0.15) is 0 Å².